The van der Waals surface area contributed by atoms with Crippen LogP contribution in [0, 0.1) is 0 Å². The Morgan fingerprint density at radius 3 is 2.30 bits per heavy atom. The number of carbonyl (C=O) groups is 1. The lowest BCUT2D eigenvalue weighted by molar-refractivity contribution is 0.103. The van der Waals surface area contributed by atoms with Gasteiger partial charge in [-0.3, -0.25) is 4.79 Å². The molecule has 2 aromatic carbocycles. The van der Waals surface area contributed by atoms with Gasteiger partial charge in [0, 0.05) is 5.56 Å². The molecule has 3 aromatic rings. The van der Waals surface area contributed by atoms with E-state index in [0.717, 1.165) is 5.69 Å². The molecule has 0 spiro atoms. The lowest BCUT2D eigenvalue weighted by atomic mass is 10.0. The molecule has 3 rings (SSSR count). The van der Waals surface area contributed by atoms with Gasteiger partial charge in [-0.15, -0.1) is 5.10 Å². The van der Waals surface area contributed by atoms with Gasteiger partial charge in [0.2, 0.25) is 5.78 Å². The summed E-state index contributed by atoms with van der Waals surface area (Å²) in [5.41, 5.74) is 2.83. The molecule has 116 valence electrons. The van der Waals surface area contributed by atoms with E-state index < -0.39 is 0 Å². The average molecular weight is 307 g/mol. The van der Waals surface area contributed by atoms with Crippen LogP contribution in [0.15, 0.2) is 54.7 Å². The van der Waals surface area contributed by atoms with Crippen molar-refractivity contribution in [1.82, 2.24) is 15.0 Å². The molecular weight excluding hydrogens is 290 g/mol. The minimum atomic E-state index is -0.227. The van der Waals surface area contributed by atoms with Crippen molar-refractivity contribution in [1.29, 1.82) is 0 Å². The molecular formula is C18H17N3O2. The van der Waals surface area contributed by atoms with Crippen molar-refractivity contribution in [2.45, 2.75) is 19.8 Å². The Bertz CT molecular complexity index is 818. The first-order valence-corrected chi connectivity index (χ1v) is 7.41. The standard InChI is InChI=1S/C18H17N3O2/c1-12(2)13-3-7-15(8-4-13)21-11-17(19-20-21)18(23)14-5-9-16(22)10-6-14/h3-12,22H,1-2H3. The summed E-state index contributed by atoms with van der Waals surface area (Å²) in [6.07, 6.45) is 1.61. The molecule has 0 fully saturated rings. The molecule has 0 aliphatic carbocycles. The van der Waals surface area contributed by atoms with Gasteiger partial charge in [0.25, 0.3) is 0 Å². The fourth-order valence-corrected chi connectivity index (χ4v) is 2.27. The van der Waals surface area contributed by atoms with E-state index in [1.54, 1.807) is 23.0 Å². The van der Waals surface area contributed by atoms with Crippen LogP contribution in [0.5, 0.6) is 5.75 Å². The smallest absolute Gasteiger partial charge is 0.214 e. The fraction of sp³-hybridized carbons (Fsp3) is 0.167. The fourth-order valence-electron chi connectivity index (χ4n) is 2.27. The van der Waals surface area contributed by atoms with Gasteiger partial charge >= 0.3 is 0 Å². The number of rotatable bonds is 4. The molecule has 0 atom stereocenters. The van der Waals surface area contributed by atoms with E-state index in [2.05, 4.69) is 24.2 Å². The van der Waals surface area contributed by atoms with Gasteiger partial charge in [0.1, 0.15) is 5.75 Å². The van der Waals surface area contributed by atoms with Crippen molar-refractivity contribution >= 4 is 5.78 Å². The Kier molecular flexibility index (Phi) is 3.93. The third kappa shape index (κ3) is 3.13. The summed E-state index contributed by atoms with van der Waals surface area (Å²) in [6.45, 7) is 4.28. The summed E-state index contributed by atoms with van der Waals surface area (Å²) < 4.78 is 1.58. The summed E-state index contributed by atoms with van der Waals surface area (Å²) in [5, 5.41) is 17.3. The van der Waals surface area contributed by atoms with Gasteiger partial charge in [0.15, 0.2) is 5.69 Å². The Labute approximate surface area is 134 Å². The van der Waals surface area contributed by atoms with Gasteiger partial charge in [-0.2, -0.15) is 0 Å². The van der Waals surface area contributed by atoms with Crippen molar-refractivity contribution in [3.63, 3.8) is 0 Å². The van der Waals surface area contributed by atoms with E-state index in [-0.39, 0.29) is 17.2 Å². The number of carbonyl (C=O) groups excluding carboxylic acids is 1. The van der Waals surface area contributed by atoms with Gasteiger partial charge < -0.3 is 5.11 Å². The van der Waals surface area contributed by atoms with Crippen LogP contribution in [0.4, 0.5) is 0 Å². The number of phenols is 1. The van der Waals surface area contributed by atoms with Crippen LogP contribution in [0.2, 0.25) is 0 Å². The molecule has 0 amide bonds. The Morgan fingerprint density at radius 1 is 1.04 bits per heavy atom. The SMILES string of the molecule is CC(C)c1ccc(-n2cc(C(=O)c3ccc(O)cc3)nn2)cc1. The molecule has 0 saturated carbocycles. The third-order valence-corrected chi connectivity index (χ3v) is 3.68. The van der Waals surface area contributed by atoms with Crippen molar-refractivity contribution < 1.29 is 9.90 Å². The molecule has 0 radical (unpaired) electrons. The molecule has 0 saturated heterocycles. The normalized spacial score (nSPS) is 10.9. The van der Waals surface area contributed by atoms with Gasteiger partial charge in [0.05, 0.1) is 11.9 Å². The highest BCUT2D eigenvalue weighted by Crippen LogP contribution is 2.17. The van der Waals surface area contributed by atoms with E-state index >= 15 is 0 Å². The monoisotopic (exact) mass is 307 g/mol. The molecule has 0 bridgehead atoms. The molecule has 0 aliphatic rings. The number of phenolic OH excluding ortho intramolecular Hbond substituents is 1. The first kappa shape index (κ1) is 15.0. The summed E-state index contributed by atoms with van der Waals surface area (Å²) >= 11 is 0. The van der Waals surface area contributed by atoms with Crippen LogP contribution in [-0.4, -0.2) is 25.9 Å². The number of hydrogen-bond acceptors (Lipinski definition) is 4. The van der Waals surface area contributed by atoms with Crippen molar-refractivity contribution in [3.8, 4) is 11.4 Å². The van der Waals surface area contributed by atoms with E-state index in [1.165, 1.54) is 17.7 Å². The van der Waals surface area contributed by atoms with Crippen LogP contribution in [0.25, 0.3) is 5.69 Å². The highest BCUT2D eigenvalue weighted by molar-refractivity contribution is 6.07. The topological polar surface area (TPSA) is 68.0 Å². The zero-order valence-corrected chi connectivity index (χ0v) is 13.0. The van der Waals surface area contributed by atoms with Gasteiger partial charge in [-0.05, 0) is 47.9 Å². The molecule has 5 heteroatoms. The van der Waals surface area contributed by atoms with E-state index in [1.807, 2.05) is 24.3 Å². The molecule has 1 N–H and O–H groups in total. The first-order valence-electron chi connectivity index (χ1n) is 7.41. The quantitative estimate of drug-likeness (QED) is 0.751. The molecule has 5 nitrogen and oxygen atoms in total. The highest BCUT2D eigenvalue weighted by atomic mass is 16.3. The largest absolute Gasteiger partial charge is 0.508 e. The van der Waals surface area contributed by atoms with Crippen LogP contribution < -0.4 is 0 Å². The second-order valence-electron chi connectivity index (χ2n) is 5.67. The van der Waals surface area contributed by atoms with Crippen LogP contribution in [0.1, 0.15) is 41.4 Å². The zero-order valence-electron chi connectivity index (χ0n) is 13.0. The number of ketones is 1. The van der Waals surface area contributed by atoms with Crippen LogP contribution >= 0.6 is 0 Å². The maximum Gasteiger partial charge on any atom is 0.214 e. The molecule has 23 heavy (non-hydrogen) atoms. The molecule has 1 aromatic heterocycles. The van der Waals surface area contributed by atoms with E-state index in [9.17, 15) is 9.90 Å². The highest BCUT2D eigenvalue weighted by Gasteiger charge is 2.14. The zero-order chi connectivity index (χ0) is 16.4. The average Bonchev–Trinajstić information content (AvgIpc) is 3.05. The number of hydrogen-bond donors (Lipinski definition) is 1. The molecule has 1 heterocycles. The van der Waals surface area contributed by atoms with Crippen molar-refractivity contribution in [3.05, 3.63) is 71.5 Å². The lowest BCUT2D eigenvalue weighted by Crippen LogP contribution is -2.01. The Morgan fingerprint density at radius 2 is 1.70 bits per heavy atom. The second-order valence-corrected chi connectivity index (χ2v) is 5.67. The van der Waals surface area contributed by atoms with Crippen LogP contribution in [0.3, 0.4) is 0 Å². The first-order chi connectivity index (χ1) is 11.0. The number of benzene rings is 2. The summed E-state index contributed by atoms with van der Waals surface area (Å²) in [7, 11) is 0. The molecule has 0 unspecified atom stereocenters. The van der Waals surface area contributed by atoms with E-state index in [0.29, 0.717) is 11.5 Å². The third-order valence-electron chi connectivity index (χ3n) is 3.68. The van der Waals surface area contributed by atoms with Crippen LogP contribution in [-0.2, 0) is 0 Å². The minimum Gasteiger partial charge on any atom is -0.508 e. The predicted molar refractivity (Wildman–Crippen MR) is 87.0 cm³/mol. The molecule has 0 aliphatic heterocycles. The van der Waals surface area contributed by atoms with E-state index in [4.69, 9.17) is 0 Å². The minimum absolute atomic E-state index is 0.121. The Balaban J connectivity index is 1.85. The van der Waals surface area contributed by atoms with Gasteiger partial charge in [-0.1, -0.05) is 31.2 Å². The Hall–Kier alpha value is -2.95. The summed E-state index contributed by atoms with van der Waals surface area (Å²) in [4.78, 5) is 12.3. The predicted octanol–water partition coefficient (Wildman–Crippen LogP) is 3.33. The van der Waals surface area contributed by atoms with Crippen molar-refractivity contribution in [2.75, 3.05) is 0 Å². The lowest BCUT2D eigenvalue weighted by Gasteiger charge is -2.06. The summed E-state index contributed by atoms with van der Waals surface area (Å²) in [5.74, 6) is 0.358. The second kappa shape index (κ2) is 6.04. The number of aromatic nitrogens is 3. The number of aromatic hydroxyl groups is 1. The van der Waals surface area contributed by atoms with Crippen molar-refractivity contribution in [2.24, 2.45) is 0 Å². The van der Waals surface area contributed by atoms with Gasteiger partial charge in [-0.25, -0.2) is 4.68 Å². The maximum absolute atomic E-state index is 12.3. The number of nitrogens with zero attached hydrogens (tertiary/aromatic N) is 3. The maximum atomic E-state index is 12.3. The summed E-state index contributed by atoms with van der Waals surface area (Å²) in [6, 6.07) is 14.1.